The number of carbonyl (C=O) groups is 3. The van der Waals surface area contributed by atoms with E-state index in [1.165, 1.54) is 37.8 Å². The highest BCUT2D eigenvalue weighted by atomic mass is 31.2. The second kappa shape index (κ2) is 12.7. The highest BCUT2D eigenvalue weighted by molar-refractivity contribution is 7.74. The van der Waals surface area contributed by atoms with Crippen LogP contribution in [-0.4, -0.2) is 53.4 Å². The molecule has 0 radical (unpaired) electrons. The van der Waals surface area contributed by atoms with E-state index in [4.69, 9.17) is 18.5 Å². The van der Waals surface area contributed by atoms with Crippen LogP contribution in [0.2, 0.25) is 0 Å². The van der Waals surface area contributed by atoms with Gasteiger partial charge in [-0.05, 0) is 13.3 Å². The second-order valence-corrected chi connectivity index (χ2v) is 9.86. The number of H-pyrrole nitrogens is 1. The van der Waals surface area contributed by atoms with Gasteiger partial charge >= 0.3 is 24.8 Å². The SMILES string of the molecule is COC(COP(=O)(OCOC(=O)C(C)C)C(=O)C(=O)C(C)C)CC(C)n1ccc(=O)[nH]c1=O. The van der Waals surface area contributed by atoms with Gasteiger partial charge in [0.1, 0.15) is 0 Å². The van der Waals surface area contributed by atoms with Crippen molar-refractivity contribution in [3.05, 3.63) is 33.1 Å². The maximum absolute atomic E-state index is 13.1. The van der Waals surface area contributed by atoms with Crippen LogP contribution in [0.25, 0.3) is 0 Å². The zero-order valence-corrected chi connectivity index (χ0v) is 20.5. The minimum absolute atomic E-state index is 0.164. The van der Waals surface area contributed by atoms with Crippen LogP contribution in [0.3, 0.4) is 0 Å². The smallest absolute Gasteiger partial charge is 0.407 e. The predicted octanol–water partition coefficient (Wildman–Crippen LogP) is 1.64. The largest absolute Gasteiger partial charge is 0.438 e. The van der Waals surface area contributed by atoms with Gasteiger partial charge in [-0.1, -0.05) is 27.7 Å². The molecule has 1 aromatic heterocycles. The Kier molecular flexibility index (Phi) is 11.1. The third-order valence-corrected chi connectivity index (χ3v) is 6.23. The summed E-state index contributed by atoms with van der Waals surface area (Å²) in [6.07, 6.45) is 0.717. The molecule has 13 heteroatoms. The van der Waals surface area contributed by atoms with Crippen LogP contribution in [-0.2, 0) is 37.5 Å². The Labute approximate surface area is 191 Å². The summed E-state index contributed by atoms with van der Waals surface area (Å²) >= 11 is 0. The molecule has 0 aliphatic carbocycles. The van der Waals surface area contributed by atoms with E-state index >= 15 is 0 Å². The van der Waals surface area contributed by atoms with Gasteiger partial charge in [-0.25, -0.2) is 4.79 Å². The molecule has 3 atom stereocenters. The van der Waals surface area contributed by atoms with Crippen LogP contribution in [0.5, 0.6) is 0 Å². The molecule has 12 nitrogen and oxygen atoms in total. The van der Waals surface area contributed by atoms with Crippen molar-refractivity contribution in [2.45, 2.75) is 53.2 Å². The molecule has 0 bridgehead atoms. The number of ketones is 1. The van der Waals surface area contributed by atoms with E-state index in [9.17, 15) is 28.5 Å². The summed E-state index contributed by atoms with van der Waals surface area (Å²) in [5.74, 6) is -2.87. The zero-order chi connectivity index (χ0) is 25.3. The topological polar surface area (TPSA) is 160 Å². The maximum atomic E-state index is 13.1. The summed E-state index contributed by atoms with van der Waals surface area (Å²) in [6.45, 7) is 6.46. The Hall–Kier alpha value is -2.40. The van der Waals surface area contributed by atoms with E-state index < -0.39 is 73.5 Å². The lowest BCUT2D eigenvalue weighted by Crippen LogP contribution is -2.33. The summed E-state index contributed by atoms with van der Waals surface area (Å²) in [4.78, 5) is 61.6. The normalized spacial score (nSPS) is 15.2. The van der Waals surface area contributed by atoms with Crippen LogP contribution in [0.1, 0.15) is 47.1 Å². The van der Waals surface area contributed by atoms with Gasteiger partial charge in [0, 0.05) is 31.3 Å². The lowest BCUT2D eigenvalue weighted by molar-refractivity contribution is -0.154. The summed E-state index contributed by atoms with van der Waals surface area (Å²) in [5.41, 5.74) is -2.53. The molecule has 1 heterocycles. The van der Waals surface area contributed by atoms with Gasteiger partial charge < -0.3 is 14.0 Å². The van der Waals surface area contributed by atoms with Crippen LogP contribution < -0.4 is 11.2 Å². The summed E-state index contributed by atoms with van der Waals surface area (Å²) in [7, 11) is -3.33. The number of ether oxygens (including phenoxy) is 2. The lowest BCUT2D eigenvalue weighted by Gasteiger charge is -2.23. The van der Waals surface area contributed by atoms with Gasteiger partial charge in [-0.15, -0.1) is 0 Å². The fourth-order valence-corrected chi connectivity index (χ4v) is 3.93. The molecule has 33 heavy (non-hydrogen) atoms. The van der Waals surface area contributed by atoms with Crippen molar-refractivity contribution in [2.75, 3.05) is 20.5 Å². The third kappa shape index (κ3) is 8.47. The fraction of sp³-hybridized carbons (Fsp3) is 0.650. The number of aromatic nitrogens is 2. The Morgan fingerprint density at radius 3 is 2.21 bits per heavy atom. The molecule has 0 aliphatic rings. The maximum Gasteiger partial charge on any atom is 0.407 e. The highest BCUT2D eigenvalue weighted by Crippen LogP contribution is 2.50. The summed E-state index contributed by atoms with van der Waals surface area (Å²) in [6, 6.07) is 0.718. The van der Waals surface area contributed by atoms with Crippen molar-refractivity contribution in [1.29, 1.82) is 0 Å². The number of Topliss-reactive ketones (excluding diaryl/α,β-unsaturated/α-hetero) is 1. The van der Waals surface area contributed by atoms with Gasteiger partial charge in [0.15, 0.2) is 0 Å². The predicted molar refractivity (Wildman–Crippen MR) is 117 cm³/mol. The standard InChI is InChI=1S/C20H31N2O10P/c1-12(2)17(24)19(26)33(28,32-11-30-18(25)13(3)4)31-10-15(29-6)9-14(5)22-8-7-16(23)21-20(22)27/h7-8,12-15H,9-11H2,1-6H3,(H,21,23,27). The molecular weight excluding hydrogens is 459 g/mol. The molecule has 1 aromatic rings. The van der Waals surface area contributed by atoms with E-state index in [1.807, 2.05) is 0 Å². The molecule has 0 aliphatic heterocycles. The average Bonchev–Trinajstić information content (AvgIpc) is 2.74. The van der Waals surface area contributed by atoms with Crippen molar-refractivity contribution in [3.8, 4) is 0 Å². The van der Waals surface area contributed by atoms with Crippen molar-refractivity contribution in [3.63, 3.8) is 0 Å². The number of aromatic amines is 1. The summed E-state index contributed by atoms with van der Waals surface area (Å²) < 4.78 is 34.7. The summed E-state index contributed by atoms with van der Waals surface area (Å²) in [5, 5.41) is 0. The quantitative estimate of drug-likeness (QED) is 0.176. The molecule has 0 amide bonds. The lowest BCUT2D eigenvalue weighted by atomic mass is 10.1. The first-order valence-electron chi connectivity index (χ1n) is 10.3. The zero-order valence-electron chi connectivity index (χ0n) is 19.6. The van der Waals surface area contributed by atoms with E-state index in [0.29, 0.717) is 0 Å². The van der Waals surface area contributed by atoms with Crippen molar-refractivity contribution >= 4 is 24.9 Å². The number of hydrogen-bond donors (Lipinski definition) is 1. The van der Waals surface area contributed by atoms with Crippen molar-refractivity contribution in [2.24, 2.45) is 11.8 Å². The van der Waals surface area contributed by atoms with Crippen LogP contribution in [0, 0.1) is 11.8 Å². The van der Waals surface area contributed by atoms with Crippen molar-refractivity contribution in [1.82, 2.24) is 9.55 Å². The molecule has 0 saturated carbocycles. The Balaban J connectivity index is 2.95. The molecule has 1 N–H and O–H groups in total. The number of carbonyl (C=O) groups excluding carboxylic acids is 3. The first-order valence-corrected chi connectivity index (χ1v) is 11.8. The molecule has 1 rings (SSSR count). The van der Waals surface area contributed by atoms with E-state index in [1.54, 1.807) is 20.8 Å². The Morgan fingerprint density at radius 1 is 1.06 bits per heavy atom. The number of rotatable bonds is 14. The number of esters is 1. The molecule has 0 fully saturated rings. The molecule has 186 valence electrons. The number of methoxy groups -OCH3 is 1. The van der Waals surface area contributed by atoms with Gasteiger partial charge in [-0.2, -0.15) is 0 Å². The molecule has 3 unspecified atom stereocenters. The second-order valence-electron chi connectivity index (χ2n) is 7.94. The Bertz CT molecular complexity index is 997. The van der Waals surface area contributed by atoms with Crippen molar-refractivity contribution < 1.29 is 37.5 Å². The number of hydrogen-bond acceptors (Lipinski definition) is 10. The van der Waals surface area contributed by atoms with E-state index in [0.717, 1.165) is 0 Å². The average molecular weight is 490 g/mol. The fourth-order valence-electron chi connectivity index (χ4n) is 2.54. The first-order chi connectivity index (χ1) is 15.3. The van der Waals surface area contributed by atoms with Crippen LogP contribution in [0.15, 0.2) is 21.9 Å². The Morgan fingerprint density at radius 2 is 1.70 bits per heavy atom. The monoisotopic (exact) mass is 490 g/mol. The van der Waals surface area contributed by atoms with Crippen LogP contribution >= 0.6 is 7.60 Å². The first kappa shape index (κ1) is 28.6. The van der Waals surface area contributed by atoms with E-state index in [-0.39, 0.29) is 6.42 Å². The molecule has 0 spiro atoms. The number of nitrogens with zero attached hydrogens (tertiary/aromatic N) is 1. The van der Waals surface area contributed by atoms with Gasteiger partial charge in [0.05, 0.1) is 18.6 Å². The molecule has 0 aromatic carbocycles. The molecular formula is C20H31N2O10P. The third-order valence-electron chi connectivity index (χ3n) is 4.57. The van der Waals surface area contributed by atoms with Gasteiger partial charge in [0.25, 0.3) is 5.56 Å². The highest BCUT2D eigenvalue weighted by Gasteiger charge is 2.42. The minimum atomic E-state index is -4.67. The minimum Gasteiger partial charge on any atom is -0.438 e. The molecule has 0 saturated heterocycles. The van der Waals surface area contributed by atoms with Gasteiger partial charge in [-0.3, -0.25) is 37.8 Å². The number of nitrogens with one attached hydrogen (secondary N) is 1. The van der Waals surface area contributed by atoms with Crippen LogP contribution in [0.4, 0.5) is 0 Å². The van der Waals surface area contributed by atoms with Gasteiger partial charge in [0.2, 0.25) is 12.6 Å². The van der Waals surface area contributed by atoms with E-state index in [2.05, 4.69) is 4.98 Å².